The maximum Gasteiger partial charge on any atom is 0.130 e. The van der Waals surface area contributed by atoms with Gasteiger partial charge in [0.2, 0.25) is 0 Å². The number of nitrogens with zero attached hydrogens (tertiary/aromatic N) is 2. The minimum absolute atomic E-state index is 0.755. The Morgan fingerprint density at radius 2 is 1.89 bits per heavy atom. The van der Waals surface area contributed by atoms with Crippen molar-refractivity contribution in [3.05, 3.63) is 41.9 Å². The van der Waals surface area contributed by atoms with Crippen LogP contribution in [0.4, 0.5) is 0 Å². The molecule has 0 spiro atoms. The second-order valence-corrected chi connectivity index (χ2v) is 4.46. The summed E-state index contributed by atoms with van der Waals surface area (Å²) in [4.78, 5) is 8.95. The Balaban J connectivity index is 2.36. The number of methoxy groups -OCH3 is 1. The minimum Gasteiger partial charge on any atom is -0.497 e. The summed E-state index contributed by atoms with van der Waals surface area (Å²) in [5.41, 5.74) is 3.00. The van der Waals surface area contributed by atoms with Gasteiger partial charge < -0.3 is 4.74 Å². The molecule has 0 aliphatic rings. The topological polar surface area (TPSA) is 35.0 Å². The first kappa shape index (κ1) is 12.9. The summed E-state index contributed by atoms with van der Waals surface area (Å²) in [7, 11) is 1.66. The molecule has 1 aromatic carbocycles. The Morgan fingerprint density at radius 1 is 1.17 bits per heavy atom. The molecule has 0 amide bonds. The highest BCUT2D eigenvalue weighted by Crippen LogP contribution is 2.21. The lowest BCUT2D eigenvalue weighted by Gasteiger charge is -2.06. The zero-order chi connectivity index (χ0) is 13.0. The van der Waals surface area contributed by atoms with Crippen molar-refractivity contribution < 1.29 is 4.74 Å². The van der Waals surface area contributed by atoms with Crippen LogP contribution in [0.1, 0.15) is 11.5 Å². The van der Waals surface area contributed by atoms with Crippen molar-refractivity contribution in [3.8, 4) is 17.0 Å². The normalized spacial score (nSPS) is 10.4. The number of aryl methyl sites for hydroxylation is 2. The van der Waals surface area contributed by atoms with Gasteiger partial charge in [0.15, 0.2) is 0 Å². The molecule has 0 saturated carbocycles. The van der Waals surface area contributed by atoms with E-state index in [9.17, 15) is 0 Å². The van der Waals surface area contributed by atoms with Crippen LogP contribution in [0.5, 0.6) is 5.75 Å². The molecule has 0 fully saturated rings. The summed E-state index contributed by atoms with van der Waals surface area (Å²) in [6.45, 7) is 1.98. The highest BCUT2D eigenvalue weighted by Gasteiger charge is 2.04. The standard InChI is InChI=1S/C14H16N2OS/c1-10-9-13(16-14(15-10)7-8-18)11-3-5-12(17-2)6-4-11/h3-6,9,18H,7-8H2,1-2H3. The lowest BCUT2D eigenvalue weighted by atomic mass is 10.1. The number of ether oxygens (including phenoxy) is 1. The molecule has 0 aliphatic carbocycles. The molecule has 0 radical (unpaired) electrons. The van der Waals surface area contributed by atoms with E-state index in [4.69, 9.17) is 4.74 Å². The fraction of sp³-hybridized carbons (Fsp3) is 0.286. The van der Waals surface area contributed by atoms with Crippen molar-refractivity contribution in [2.75, 3.05) is 12.9 Å². The average Bonchev–Trinajstić information content (AvgIpc) is 2.38. The van der Waals surface area contributed by atoms with Gasteiger partial charge in [-0.25, -0.2) is 9.97 Å². The molecule has 0 saturated heterocycles. The van der Waals surface area contributed by atoms with Gasteiger partial charge in [-0.3, -0.25) is 0 Å². The highest BCUT2D eigenvalue weighted by atomic mass is 32.1. The van der Waals surface area contributed by atoms with E-state index in [-0.39, 0.29) is 0 Å². The fourth-order valence-corrected chi connectivity index (χ4v) is 1.95. The molecule has 0 aliphatic heterocycles. The number of hydrogen-bond donors (Lipinski definition) is 1. The van der Waals surface area contributed by atoms with Crippen molar-refractivity contribution in [1.29, 1.82) is 0 Å². The molecular formula is C14H16N2OS. The number of benzene rings is 1. The van der Waals surface area contributed by atoms with Crippen molar-refractivity contribution in [2.45, 2.75) is 13.3 Å². The van der Waals surface area contributed by atoms with Gasteiger partial charge in [0, 0.05) is 17.7 Å². The summed E-state index contributed by atoms with van der Waals surface area (Å²) in [6, 6.07) is 9.87. The lowest BCUT2D eigenvalue weighted by molar-refractivity contribution is 0.415. The number of rotatable bonds is 4. The highest BCUT2D eigenvalue weighted by molar-refractivity contribution is 7.80. The molecule has 18 heavy (non-hydrogen) atoms. The van der Waals surface area contributed by atoms with Gasteiger partial charge in [-0.05, 0) is 43.0 Å². The van der Waals surface area contributed by atoms with E-state index in [1.807, 2.05) is 37.3 Å². The van der Waals surface area contributed by atoms with E-state index in [2.05, 4.69) is 22.6 Å². The van der Waals surface area contributed by atoms with Crippen molar-refractivity contribution in [2.24, 2.45) is 0 Å². The summed E-state index contributed by atoms with van der Waals surface area (Å²) in [5, 5.41) is 0. The molecule has 1 aromatic heterocycles. The summed E-state index contributed by atoms with van der Waals surface area (Å²) in [5.74, 6) is 2.45. The smallest absolute Gasteiger partial charge is 0.130 e. The van der Waals surface area contributed by atoms with Crippen LogP contribution in [0.25, 0.3) is 11.3 Å². The molecule has 2 aromatic rings. The van der Waals surface area contributed by atoms with Crippen LogP contribution in [0.3, 0.4) is 0 Å². The maximum absolute atomic E-state index is 5.15. The van der Waals surface area contributed by atoms with E-state index in [1.165, 1.54) is 0 Å². The van der Waals surface area contributed by atoms with Gasteiger partial charge in [-0.1, -0.05) is 0 Å². The predicted molar refractivity (Wildman–Crippen MR) is 76.3 cm³/mol. The third-order valence-electron chi connectivity index (χ3n) is 2.62. The Bertz CT molecular complexity index is 526. The molecule has 4 heteroatoms. The second-order valence-electron chi connectivity index (χ2n) is 4.01. The largest absolute Gasteiger partial charge is 0.497 e. The quantitative estimate of drug-likeness (QED) is 0.858. The zero-order valence-electron chi connectivity index (χ0n) is 10.6. The van der Waals surface area contributed by atoms with E-state index >= 15 is 0 Å². The van der Waals surface area contributed by atoms with Gasteiger partial charge >= 0.3 is 0 Å². The Kier molecular flexibility index (Phi) is 4.20. The van der Waals surface area contributed by atoms with Crippen LogP contribution in [-0.4, -0.2) is 22.8 Å². The first-order valence-corrected chi connectivity index (χ1v) is 6.46. The van der Waals surface area contributed by atoms with Crippen LogP contribution in [0.2, 0.25) is 0 Å². The zero-order valence-corrected chi connectivity index (χ0v) is 11.4. The SMILES string of the molecule is COc1ccc(-c2cc(C)nc(CCS)n2)cc1. The second kappa shape index (κ2) is 5.87. The van der Waals surface area contributed by atoms with E-state index < -0.39 is 0 Å². The molecule has 0 unspecified atom stereocenters. The van der Waals surface area contributed by atoms with Gasteiger partial charge in [0.1, 0.15) is 11.6 Å². The predicted octanol–water partition coefficient (Wildman–Crippen LogP) is 2.93. The Hall–Kier alpha value is -1.55. The van der Waals surface area contributed by atoms with E-state index in [0.29, 0.717) is 0 Å². The van der Waals surface area contributed by atoms with Crippen molar-refractivity contribution in [1.82, 2.24) is 9.97 Å². The third kappa shape index (κ3) is 3.01. The first-order valence-electron chi connectivity index (χ1n) is 5.83. The lowest BCUT2D eigenvalue weighted by Crippen LogP contribution is -2.00. The molecule has 0 atom stereocenters. The van der Waals surface area contributed by atoms with Crippen molar-refractivity contribution >= 4 is 12.6 Å². The summed E-state index contributed by atoms with van der Waals surface area (Å²) >= 11 is 4.22. The minimum atomic E-state index is 0.755. The Labute approximate surface area is 113 Å². The van der Waals surface area contributed by atoms with Crippen LogP contribution in [-0.2, 0) is 6.42 Å². The van der Waals surface area contributed by atoms with Crippen LogP contribution in [0, 0.1) is 6.92 Å². The molecule has 1 heterocycles. The van der Waals surface area contributed by atoms with E-state index in [1.54, 1.807) is 7.11 Å². The monoisotopic (exact) mass is 260 g/mol. The molecule has 3 nitrogen and oxygen atoms in total. The molecule has 0 bridgehead atoms. The molecule has 0 N–H and O–H groups in total. The van der Waals surface area contributed by atoms with E-state index in [0.717, 1.165) is 40.7 Å². The maximum atomic E-state index is 5.15. The van der Waals surface area contributed by atoms with Gasteiger partial charge in [0.05, 0.1) is 12.8 Å². The fourth-order valence-electron chi connectivity index (χ4n) is 1.75. The number of aromatic nitrogens is 2. The summed E-state index contributed by atoms with van der Waals surface area (Å²) in [6.07, 6.45) is 0.786. The molecule has 2 rings (SSSR count). The average molecular weight is 260 g/mol. The van der Waals surface area contributed by atoms with Crippen molar-refractivity contribution in [3.63, 3.8) is 0 Å². The Morgan fingerprint density at radius 3 is 2.50 bits per heavy atom. The molecule has 94 valence electrons. The summed E-state index contributed by atoms with van der Waals surface area (Å²) < 4.78 is 5.15. The first-order chi connectivity index (χ1) is 8.72. The van der Waals surface area contributed by atoms with Crippen LogP contribution < -0.4 is 4.74 Å². The third-order valence-corrected chi connectivity index (χ3v) is 2.85. The molecular weight excluding hydrogens is 244 g/mol. The van der Waals surface area contributed by atoms with Gasteiger partial charge in [-0.2, -0.15) is 12.6 Å². The van der Waals surface area contributed by atoms with Gasteiger partial charge in [-0.15, -0.1) is 0 Å². The number of hydrogen-bond acceptors (Lipinski definition) is 4. The van der Waals surface area contributed by atoms with Crippen LogP contribution in [0.15, 0.2) is 30.3 Å². The number of thiol groups is 1. The van der Waals surface area contributed by atoms with Gasteiger partial charge in [0.25, 0.3) is 0 Å². The van der Waals surface area contributed by atoms with Crippen LogP contribution >= 0.6 is 12.6 Å².